The zero-order valence-corrected chi connectivity index (χ0v) is 17.1. The third-order valence-corrected chi connectivity index (χ3v) is 6.10. The van der Waals surface area contributed by atoms with Crippen LogP contribution in [-0.4, -0.2) is 37.3 Å². The molecule has 0 aliphatic heterocycles. The van der Waals surface area contributed by atoms with Crippen LogP contribution >= 0.6 is 11.3 Å². The molecule has 9 heteroatoms. The second-order valence-corrected chi connectivity index (χ2v) is 9.32. The third-order valence-electron chi connectivity index (χ3n) is 4.11. The highest BCUT2D eigenvalue weighted by molar-refractivity contribution is 7.90. The molecular weight excluding hydrogens is 398 g/mol. The van der Waals surface area contributed by atoms with Gasteiger partial charge in [0, 0.05) is 24.8 Å². The van der Waals surface area contributed by atoms with E-state index in [4.69, 9.17) is 4.52 Å². The molecule has 0 bridgehead atoms. The summed E-state index contributed by atoms with van der Waals surface area (Å²) >= 11 is 1.57. The van der Waals surface area contributed by atoms with Gasteiger partial charge in [0.1, 0.15) is 0 Å². The zero-order chi connectivity index (χ0) is 20.0. The molecule has 0 unspecified atom stereocenters. The van der Waals surface area contributed by atoms with Crippen molar-refractivity contribution in [2.24, 2.45) is 0 Å². The van der Waals surface area contributed by atoms with Crippen LogP contribution in [0.5, 0.6) is 0 Å². The average molecular weight is 420 g/mol. The van der Waals surface area contributed by atoms with Crippen LogP contribution in [0.1, 0.15) is 35.5 Å². The Bertz CT molecular complexity index is 1010. The van der Waals surface area contributed by atoms with Crippen molar-refractivity contribution in [3.8, 4) is 10.7 Å². The summed E-state index contributed by atoms with van der Waals surface area (Å²) in [7, 11) is -3.26. The molecule has 0 saturated heterocycles. The highest BCUT2D eigenvalue weighted by Crippen LogP contribution is 2.21. The fourth-order valence-corrected chi connectivity index (χ4v) is 3.88. The van der Waals surface area contributed by atoms with Crippen LogP contribution in [0, 0.1) is 0 Å². The Labute approximate surface area is 167 Å². The largest absolute Gasteiger partial charge is 0.352 e. The summed E-state index contributed by atoms with van der Waals surface area (Å²) in [4.78, 5) is 17.7. The van der Waals surface area contributed by atoms with Gasteiger partial charge in [-0.3, -0.25) is 4.79 Å². The lowest BCUT2D eigenvalue weighted by molar-refractivity contribution is 0.0953. The molecule has 1 aromatic carbocycles. The summed E-state index contributed by atoms with van der Waals surface area (Å²) in [6.45, 7) is 0.553. The SMILES string of the molecule is CS(=O)(=O)c1ccc(C(=O)NCCCCCc2nc(-c3cccs3)no2)cc1. The van der Waals surface area contributed by atoms with Crippen molar-refractivity contribution in [1.29, 1.82) is 0 Å². The van der Waals surface area contributed by atoms with Crippen LogP contribution in [0.25, 0.3) is 10.7 Å². The van der Waals surface area contributed by atoms with Crippen molar-refractivity contribution in [2.75, 3.05) is 12.8 Å². The van der Waals surface area contributed by atoms with Crippen LogP contribution in [0.15, 0.2) is 51.2 Å². The van der Waals surface area contributed by atoms with Crippen LogP contribution in [0.3, 0.4) is 0 Å². The van der Waals surface area contributed by atoms with Gasteiger partial charge in [-0.25, -0.2) is 8.42 Å². The molecule has 1 amide bonds. The van der Waals surface area contributed by atoms with E-state index in [1.165, 1.54) is 24.3 Å². The lowest BCUT2D eigenvalue weighted by Gasteiger charge is -2.05. The molecule has 7 nitrogen and oxygen atoms in total. The van der Waals surface area contributed by atoms with E-state index in [-0.39, 0.29) is 10.8 Å². The van der Waals surface area contributed by atoms with Gasteiger partial charge < -0.3 is 9.84 Å². The van der Waals surface area contributed by atoms with Gasteiger partial charge in [-0.15, -0.1) is 11.3 Å². The van der Waals surface area contributed by atoms with E-state index >= 15 is 0 Å². The zero-order valence-electron chi connectivity index (χ0n) is 15.4. The Kier molecular flexibility index (Phi) is 6.58. The van der Waals surface area contributed by atoms with Crippen molar-refractivity contribution in [3.05, 3.63) is 53.2 Å². The second-order valence-electron chi connectivity index (χ2n) is 6.35. The summed E-state index contributed by atoms with van der Waals surface area (Å²) in [5.41, 5.74) is 0.444. The minimum absolute atomic E-state index is 0.201. The first-order valence-electron chi connectivity index (χ1n) is 8.88. The van der Waals surface area contributed by atoms with E-state index in [9.17, 15) is 13.2 Å². The highest BCUT2D eigenvalue weighted by atomic mass is 32.2. The molecule has 0 atom stereocenters. The number of hydrogen-bond acceptors (Lipinski definition) is 7. The molecule has 3 rings (SSSR count). The number of amides is 1. The molecule has 0 radical (unpaired) electrons. The highest BCUT2D eigenvalue weighted by Gasteiger charge is 2.10. The molecule has 148 valence electrons. The molecule has 0 fully saturated rings. The number of carbonyl (C=O) groups excluding carboxylic acids is 1. The fourth-order valence-electron chi connectivity index (χ4n) is 2.60. The van der Waals surface area contributed by atoms with Gasteiger partial charge in [-0.1, -0.05) is 17.6 Å². The molecule has 3 aromatic rings. The summed E-state index contributed by atoms with van der Waals surface area (Å²) in [5.74, 6) is 1.04. The number of nitrogens with zero attached hydrogens (tertiary/aromatic N) is 2. The van der Waals surface area contributed by atoms with Crippen molar-refractivity contribution < 1.29 is 17.7 Å². The topological polar surface area (TPSA) is 102 Å². The first kappa shape index (κ1) is 20.2. The number of rotatable bonds is 9. The molecule has 2 aromatic heterocycles. The average Bonchev–Trinajstić information content (AvgIpc) is 3.35. The summed E-state index contributed by atoms with van der Waals surface area (Å²) in [6.07, 6.45) is 4.49. The second kappa shape index (κ2) is 9.11. The minimum atomic E-state index is -3.26. The molecule has 28 heavy (non-hydrogen) atoms. The van der Waals surface area contributed by atoms with Gasteiger partial charge in [-0.2, -0.15) is 4.98 Å². The predicted octanol–water partition coefficient (Wildman–Crippen LogP) is 3.34. The number of nitrogens with one attached hydrogen (secondary N) is 1. The Hall–Kier alpha value is -2.52. The monoisotopic (exact) mass is 419 g/mol. The first-order chi connectivity index (χ1) is 13.4. The van der Waals surface area contributed by atoms with E-state index in [1.54, 1.807) is 11.3 Å². The number of thiophene rings is 1. The molecule has 0 saturated carbocycles. The number of benzene rings is 1. The maximum Gasteiger partial charge on any atom is 0.251 e. The smallest absolute Gasteiger partial charge is 0.251 e. The molecule has 0 aliphatic carbocycles. The molecule has 1 N–H and O–H groups in total. The number of unbranched alkanes of at least 4 members (excludes halogenated alkanes) is 2. The van der Waals surface area contributed by atoms with Crippen LogP contribution in [0.2, 0.25) is 0 Å². The summed E-state index contributed by atoms with van der Waals surface area (Å²) in [6, 6.07) is 9.83. The van der Waals surface area contributed by atoms with E-state index in [1.807, 2.05) is 17.5 Å². The Morgan fingerprint density at radius 3 is 2.61 bits per heavy atom. The van der Waals surface area contributed by atoms with Gasteiger partial charge in [-0.05, 0) is 48.6 Å². The van der Waals surface area contributed by atoms with Gasteiger partial charge in [0.25, 0.3) is 5.91 Å². The van der Waals surface area contributed by atoms with Crippen molar-refractivity contribution >= 4 is 27.1 Å². The first-order valence-corrected chi connectivity index (χ1v) is 11.7. The lowest BCUT2D eigenvalue weighted by atomic mass is 10.2. The van der Waals surface area contributed by atoms with Gasteiger partial charge in [0.05, 0.1) is 9.77 Å². The molecule has 0 spiro atoms. The van der Waals surface area contributed by atoms with E-state index < -0.39 is 9.84 Å². The van der Waals surface area contributed by atoms with E-state index in [0.717, 1.165) is 30.4 Å². The summed E-state index contributed by atoms with van der Waals surface area (Å²) < 4.78 is 28.1. The Morgan fingerprint density at radius 1 is 1.14 bits per heavy atom. The van der Waals surface area contributed by atoms with Crippen molar-refractivity contribution in [3.63, 3.8) is 0 Å². The Balaban J connectivity index is 1.35. The molecule has 2 heterocycles. The van der Waals surface area contributed by atoms with E-state index in [2.05, 4.69) is 15.5 Å². The number of aryl methyl sites for hydroxylation is 1. The lowest BCUT2D eigenvalue weighted by Crippen LogP contribution is -2.24. The van der Waals surface area contributed by atoms with E-state index in [0.29, 0.717) is 30.2 Å². The van der Waals surface area contributed by atoms with Gasteiger partial charge in [0.15, 0.2) is 9.84 Å². The van der Waals surface area contributed by atoms with Crippen molar-refractivity contribution in [1.82, 2.24) is 15.5 Å². The van der Waals surface area contributed by atoms with Crippen molar-refractivity contribution in [2.45, 2.75) is 30.6 Å². The third kappa shape index (κ3) is 5.49. The fraction of sp³-hybridized carbons (Fsp3) is 0.316. The maximum absolute atomic E-state index is 12.1. The van der Waals surface area contributed by atoms with Gasteiger partial charge >= 0.3 is 0 Å². The minimum Gasteiger partial charge on any atom is -0.352 e. The van der Waals surface area contributed by atoms with Crippen LogP contribution < -0.4 is 5.32 Å². The van der Waals surface area contributed by atoms with Gasteiger partial charge in [0.2, 0.25) is 11.7 Å². The number of sulfone groups is 1. The Morgan fingerprint density at radius 2 is 1.93 bits per heavy atom. The molecular formula is C19H21N3O4S2. The standard InChI is InChI=1S/C19H21N3O4S2/c1-28(24,25)15-10-8-14(9-11-15)19(23)20-12-4-2-3-7-17-21-18(22-26-17)16-6-5-13-27-16/h5-6,8-11,13H,2-4,7,12H2,1H3,(H,20,23). The normalized spacial score (nSPS) is 11.5. The summed E-state index contributed by atoms with van der Waals surface area (Å²) in [5, 5.41) is 8.79. The maximum atomic E-state index is 12.1. The quantitative estimate of drug-likeness (QED) is 0.534. The van der Waals surface area contributed by atoms with Crippen LogP contribution in [0.4, 0.5) is 0 Å². The number of aromatic nitrogens is 2. The predicted molar refractivity (Wildman–Crippen MR) is 107 cm³/mol. The van der Waals surface area contributed by atoms with Crippen LogP contribution in [-0.2, 0) is 16.3 Å². The number of carbonyl (C=O) groups is 1. The molecule has 0 aliphatic rings. The number of hydrogen-bond donors (Lipinski definition) is 1.